The lowest BCUT2D eigenvalue weighted by Gasteiger charge is -2.23. The molecule has 0 aromatic heterocycles. The fourth-order valence-corrected chi connectivity index (χ4v) is 3.03. The zero-order valence-corrected chi connectivity index (χ0v) is 14.4. The number of methoxy groups -OCH3 is 1. The van der Waals surface area contributed by atoms with Crippen molar-refractivity contribution in [3.63, 3.8) is 0 Å². The Morgan fingerprint density at radius 2 is 1.83 bits per heavy atom. The lowest BCUT2D eigenvalue weighted by molar-refractivity contribution is -0.146. The first-order valence-corrected chi connectivity index (χ1v) is 7.69. The van der Waals surface area contributed by atoms with Gasteiger partial charge in [-0.3, -0.25) is 4.79 Å². The molecule has 2 unspecified atom stereocenters. The number of esters is 2. The molecule has 0 radical (unpaired) electrons. The van der Waals surface area contributed by atoms with E-state index < -0.39 is 11.4 Å². The van der Waals surface area contributed by atoms with Gasteiger partial charge in [0.25, 0.3) is 0 Å². The third-order valence-electron chi connectivity index (χ3n) is 4.51. The second kappa shape index (κ2) is 5.84. The Bertz CT molecular complexity index is 648. The lowest BCUT2D eigenvalue weighted by atomic mass is 9.83. The summed E-state index contributed by atoms with van der Waals surface area (Å²) in [5.74, 6) is -0.712. The van der Waals surface area contributed by atoms with Crippen molar-refractivity contribution in [2.45, 2.75) is 40.2 Å². The van der Waals surface area contributed by atoms with Gasteiger partial charge in [0.1, 0.15) is 11.5 Å². The molecule has 0 saturated carbocycles. The maximum absolute atomic E-state index is 12.0. The fourth-order valence-electron chi connectivity index (χ4n) is 3.03. The number of ether oxygens (including phenoxy) is 2. The number of rotatable bonds is 3. The van der Waals surface area contributed by atoms with Crippen LogP contribution >= 0.6 is 0 Å². The normalized spacial score (nSPS) is 28.1. The van der Waals surface area contributed by atoms with Crippen LogP contribution in [0.3, 0.4) is 0 Å². The van der Waals surface area contributed by atoms with Gasteiger partial charge in [-0.05, 0) is 36.8 Å². The van der Waals surface area contributed by atoms with Crippen LogP contribution in [-0.4, -0.2) is 25.2 Å². The number of carbonyl (C=O) groups excluding carboxylic acids is 2. The zero-order valence-electron chi connectivity index (χ0n) is 14.4. The summed E-state index contributed by atoms with van der Waals surface area (Å²) < 4.78 is 10.5. The van der Waals surface area contributed by atoms with E-state index in [1.807, 2.05) is 18.2 Å². The summed E-state index contributed by atoms with van der Waals surface area (Å²) in [6, 6.07) is 0. The second-order valence-electron chi connectivity index (χ2n) is 7.07. The molecule has 0 N–H and O–H groups in total. The number of allylic oxidation sites excluding steroid dienone is 2. The lowest BCUT2D eigenvalue weighted by Crippen LogP contribution is -2.25. The Hall–Kier alpha value is -2.10. The van der Waals surface area contributed by atoms with Gasteiger partial charge in [-0.1, -0.05) is 44.7 Å². The van der Waals surface area contributed by atoms with Crippen molar-refractivity contribution < 1.29 is 19.1 Å². The van der Waals surface area contributed by atoms with Gasteiger partial charge in [0.15, 0.2) is 0 Å². The van der Waals surface area contributed by atoms with Crippen LogP contribution in [0.25, 0.3) is 0 Å². The van der Waals surface area contributed by atoms with Crippen LogP contribution in [0.15, 0.2) is 47.6 Å². The predicted molar refractivity (Wildman–Crippen MR) is 88.5 cm³/mol. The third kappa shape index (κ3) is 3.16. The fraction of sp³-hybridized carbons (Fsp3) is 0.474. The number of carbonyl (C=O) groups is 2. The molecule has 0 spiro atoms. The van der Waals surface area contributed by atoms with Crippen molar-refractivity contribution in [3.8, 4) is 0 Å². The maximum atomic E-state index is 12.0. The summed E-state index contributed by atoms with van der Waals surface area (Å²) in [6.45, 7) is 11.3. The SMILES string of the molecule is C=C(C)C(=O)OC1CC(C)(C)C2=C1C=CC(C)(C(=O)OC)C=C2. The van der Waals surface area contributed by atoms with Crippen molar-refractivity contribution in [1.29, 1.82) is 0 Å². The average Bonchev–Trinajstić information content (AvgIpc) is 2.61. The summed E-state index contributed by atoms with van der Waals surface area (Å²) in [4.78, 5) is 23.9. The molecule has 2 rings (SSSR count). The highest BCUT2D eigenvalue weighted by Crippen LogP contribution is 2.47. The van der Waals surface area contributed by atoms with Crippen LogP contribution in [0.4, 0.5) is 0 Å². The van der Waals surface area contributed by atoms with E-state index in [-0.39, 0.29) is 17.5 Å². The first kappa shape index (κ1) is 17.3. The molecule has 0 fully saturated rings. The second-order valence-corrected chi connectivity index (χ2v) is 7.07. The van der Waals surface area contributed by atoms with E-state index in [0.29, 0.717) is 12.0 Å². The minimum absolute atomic E-state index is 0.141. The van der Waals surface area contributed by atoms with Gasteiger partial charge >= 0.3 is 11.9 Å². The van der Waals surface area contributed by atoms with Gasteiger partial charge in [-0.25, -0.2) is 4.79 Å². The van der Waals surface area contributed by atoms with Gasteiger partial charge in [-0.2, -0.15) is 0 Å². The van der Waals surface area contributed by atoms with E-state index in [2.05, 4.69) is 20.4 Å². The molecule has 0 aromatic rings. The van der Waals surface area contributed by atoms with Crippen molar-refractivity contribution in [1.82, 2.24) is 0 Å². The summed E-state index contributed by atoms with van der Waals surface area (Å²) in [6.07, 6.45) is 7.88. The molecule has 0 aromatic carbocycles. The van der Waals surface area contributed by atoms with Crippen LogP contribution in [0.2, 0.25) is 0 Å². The van der Waals surface area contributed by atoms with E-state index in [1.165, 1.54) is 7.11 Å². The Morgan fingerprint density at radius 3 is 2.39 bits per heavy atom. The summed E-state index contributed by atoms with van der Waals surface area (Å²) >= 11 is 0. The summed E-state index contributed by atoms with van der Waals surface area (Å²) in [5.41, 5.74) is 1.44. The summed E-state index contributed by atoms with van der Waals surface area (Å²) in [5, 5.41) is 0. The van der Waals surface area contributed by atoms with E-state index >= 15 is 0 Å². The van der Waals surface area contributed by atoms with Crippen LogP contribution in [0.1, 0.15) is 34.1 Å². The largest absolute Gasteiger partial charge is 0.468 e. The molecule has 0 saturated heterocycles. The molecule has 0 heterocycles. The zero-order chi connectivity index (χ0) is 17.4. The van der Waals surface area contributed by atoms with Gasteiger partial charge < -0.3 is 9.47 Å². The highest BCUT2D eigenvalue weighted by Gasteiger charge is 2.41. The molecular formula is C19H24O4. The van der Waals surface area contributed by atoms with Crippen LogP contribution in [0, 0.1) is 10.8 Å². The minimum atomic E-state index is -0.821. The molecule has 2 aliphatic rings. The monoisotopic (exact) mass is 316 g/mol. The van der Waals surface area contributed by atoms with Gasteiger partial charge in [0.2, 0.25) is 0 Å². The molecule has 0 amide bonds. The van der Waals surface area contributed by atoms with E-state index in [9.17, 15) is 9.59 Å². The van der Waals surface area contributed by atoms with E-state index in [4.69, 9.17) is 9.47 Å². The molecule has 4 nitrogen and oxygen atoms in total. The topological polar surface area (TPSA) is 52.6 Å². The molecule has 23 heavy (non-hydrogen) atoms. The van der Waals surface area contributed by atoms with Crippen molar-refractivity contribution in [2.75, 3.05) is 7.11 Å². The molecule has 2 aliphatic carbocycles. The van der Waals surface area contributed by atoms with Crippen LogP contribution in [-0.2, 0) is 19.1 Å². The molecular weight excluding hydrogens is 292 g/mol. The number of hydrogen-bond donors (Lipinski definition) is 0. The maximum Gasteiger partial charge on any atom is 0.333 e. The Morgan fingerprint density at radius 1 is 1.22 bits per heavy atom. The first-order valence-electron chi connectivity index (χ1n) is 7.69. The summed E-state index contributed by atoms with van der Waals surface area (Å²) in [7, 11) is 1.38. The molecule has 2 atom stereocenters. The molecule has 124 valence electrons. The van der Waals surface area contributed by atoms with Crippen LogP contribution < -0.4 is 0 Å². The Kier molecular flexibility index (Phi) is 4.38. The van der Waals surface area contributed by atoms with Crippen LogP contribution in [0.5, 0.6) is 0 Å². The standard InChI is InChI=1S/C19H24O4/c1-12(2)16(20)23-15-11-18(3,4)14-8-10-19(5,17(21)22-6)9-7-13(14)15/h7-10,15H,1,11H2,2-6H3. The third-order valence-corrected chi connectivity index (χ3v) is 4.51. The average molecular weight is 316 g/mol. The van der Waals surface area contributed by atoms with Crippen molar-refractivity contribution in [2.24, 2.45) is 10.8 Å². The Balaban J connectivity index is 2.38. The van der Waals surface area contributed by atoms with E-state index in [0.717, 1.165) is 11.1 Å². The smallest absolute Gasteiger partial charge is 0.333 e. The van der Waals surface area contributed by atoms with Crippen molar-refractivity contribution in [3.05, 3.63) is 47.6 Å². The van der Waals surface area contributed by atoms with Gasteiger partial charge in [0.05, 0.1) is 7.11 Å². The molecule has 4 heteroatoms. The quantitative estimate of drug-likeness (QED) is 0.590. The molecule has 0 aliphatic heterocycles. The van der Waals surface area contributed by atoms with Gasteiger partial charge in [-0.15, -0.1) is 0 Å². The minimum Gasteiger partial charge on any atom is -0.468 e. The Labute approximate surface area is 137 Å². The van der Waals surface area contributed by atoms with E-state index in [1.54, 1.807) is 19.9 Å². The number of hydrogen-bond acceptors (Lipinski definition) is 4. The van der Waals surface area contributed by atoms with Crippen molar-refractivity contribution >= 4 is 11.9 Å². The molecule has 0 bridgehead atoms. The highest BCUT2D eigenvalue weighted by molar-refractivity contribution is 5.87. The first-order chi connectivity index (χ1) is 10.6. The predicted octanol–water partition coefficient (Wildman–Crippen LogP) is 3.51. The highest BCUT2D eigenvalue weighted by atomic mass is 16.5. The van der Waals surface area contributed by atoms with Gasteiger partial charge in [0, 0.05) is 5.57 Å².